The molecular weight excluding hydrogens is 873 g/mol. The van der Waals surface area contributed by atoms with E-state index < -0.39 is 10.8 Å². The SMILES string of the molecule is Cc1nc(-c2ccc(N3c4ccccc4C(c4ccccc4)(c4ccccc4)c4ccccc43)cc2)c(C)c(-c2ccc(N3c4ccccc4C4(c5ccccc5-c5ccccc54)c4ccccc43)cc2)n1. The van der Waals surface area contributed by atoms with Crippen LogP contribution in [-0.2, 0) is 10.8 Å². The zero-order valence-electron chi connectivity index (χ0n) is 40.0. The van der Waals surface area contributed by atoms with Crippen LogP contribution >= 0.6 is 0 Å². The highest BCUT2D eigenvalue weighted by atomic mass is 15.2. The molecule has 0 amide bonds. The predicted octanol–water partition coefficient (Wildman–Crippen LogP) is 16.7. The van der Waals surface area contributed by atoms with Crippen molar-refractivity contribution in [3.05, 3.63) is 311 Å². The van der Waals surface area contributed by atoms with Gasteiger partial charge in [0.15, 0.2) is 0 Å². The number of nitrogens with zero attached hydrogens (tertiary/aromatic N) is 4. The molecule has 0 unspecified atom stereocenters. The van der Waals surface area contributed by atoms with Gasteiger partial charge >= 0.3 is 0 Å². The molecule has 1 aromatic heterocycles. The number of rotatable bonds is 6. The summed E-state index contributed by atoms with van der Waals surface area (Å²) in [6, 6.07) is 93.5. The largest absolute Gasteiger partial charge is 0.310 e. The molecule has 340 valence electrons. The average molecular weight is 921 g/mol. The first-order valence-electron chi connectivity index (χ1n) is 24.9. The Bertz CT molecular complexity index is 3550. The fourth-order valence-electron chi connectivity index (χ4n) is 12.8. The van der Waals surface area contributed by atoms with E-state index in [1.54, 1.807) is 0 Å². The van der Waals surface area contributed by atoms with Crippen molar-refractivity contribution in [3.8, 4) is 33.6 Å². The first kappa shape index (κ1) is 41.8. The van der Waals surface area contributed by atoms with Crippen LogP contribution in [0.1, 0.15) is 55.9 Å². The Hall–Kier alpha value is -9.12. The number of anilines is 6. The number of hydrogen-bond acceptors (Lipinski definition) is 4. The Morgan fingerprint density at radius 3 is 0.972 bits per heavy atom. The smallest absolute Gasteiger partial charge is 0.126 e. The second-order valence-electron chi connectivity index (χ2n) is 19.2. The highest BCUT2D eigenvalue weighted by Crippen LogP contribution is 2.63. The summed E-state index contributed by atoms with van der Waals surface area (Å²) in [5, 5.41) is 0. The third-order valence-electron chi connectivity index (χ3n) is 15.6. The van der Waals surface area contributed by atoms with Gasteiger partial charge in [-0.3, -0.25) is 0 Å². The van der Waals surface area contributed by atoms with E-state index in [-0.39, 0.29) is 0 Å². The van der Waals surface area contributed by atoms with Gasteiger partial charge in [0.05, 0.1) is 45.0 Å². The predicted molar refractivity (Wildman–Crippen MR) is 294 cm³/mol. The Labute approximate surface area is 420 Å². The summed E-state index contributed by atoms with van der Waals surface area (Å²) < 4.78 is 0. The van der Waals surface area contributed by atoms with Gasteiger partial charge in [-0.05, 0) is 118 Å². The minimum atomic E-state index is -0.517. The molecule has 3 aliphatic rings. The zero-order chi connectivity index (χ0) is 48.0. The second-order valence-corrected chi connectivity index (χ2v) is 19.2. The van der Waals surface area contributed by atoms with Gasteiger partial charge in [0.2, 0.25) is 0 Å². The summed E-state index contributed by atoms with van der Waals surface area (Å²) in [7, 11) is 0. The van der Waals surface area contributed by atoms with Crippen LogP contribution in [0.3, 0.4) is 0 Å². The third kappa shape index (κ3) is 5.87. The second kappa shape index (κ2) is 16.2. The molecule has 0 fully saturated rings. The molecule has 1 spiro atoms. The molecule has 0 N–H and O–H groups in total. The van der Waals surface area contributed by atoms with Gasteiger partial charge in [-0.2, -0.15) is 0 Å². The first-order valence-corrected chi connectivity index (χ1v) is 24.9. The minimum absolute atomic E-state index is 0.444. The molecule has 11 aromatic rings. The van der Waals surface area contributed by atoms with Crippen molar-refractivity contribution in [1.82, 2.24) is 9.97 Å². The van der Waals surface area contributed by atoms with Crippen molar-refractivity contribution in [1.29, 1.82) is 0 Å². The highest BCUT2D eigenvalue weighted by Gasteiger charge is 2.51. The monoisotopic (exact) mass is 920 g/mol. The van der Waals surface area contributed by atoms with Crippen LogP contribution in [0.5, 0.6) is 0 Å². The van der Waals surface area contributed by atoms with E-state index >= 15 is 0 Å². The number of aromatic nitrogens is 2. The molecule has 4 heteroatoms. The Kier molecular flexibility index (Phi) is 9.43. The van der Waals surface area contributed by atoms with E-state index in [0.717, 1.165) is 56.7 Å². The quantitative estimate of drug-likeness (QED) is 0.166. The Morgan fingerprint density at radius 2 is 0.597 bits per heavy atom. The fraction of sp³-hybridized carbons (Fsp3) is 0.0588. The van der Waals surface area contributed by atoms with Crippen molar-refractivity contribution >= 4 is 34.1 Å². The number of fused-ring (bicyclic) bond motifs is 11. The van der Waals surface area contributed by atoms with Crippen molar-refractivity contribution in [3.63, 3.8) is 0 Å². The molecule has 10 aromatic carbocycles. The number of aryl methyl sites for hydroxylation is 1. The molecule has 3 heterocycles. The van der Waals surface area contributed by atoms with E-state index in [0.29, 0.717) is 0 Å². The number of benzene rings is 10. The van der Waals surface area contributed by atoms with Crippen molar-refractivity contribution < 1.29 is 0 Å². The van der Waals surface area contributed by atoms with Crippen LogP contribution in [0.25, 0.3) is 33.6 Å². The lowest BCUT2D eigenvalue weighted by atomic mass is 9.62. The van der Waals surface area contributed by atoms with Gasteiger partial charge in [-0.25, -0.2) is 9.97 Å². The molecule has 2 aliphatic heterocycles. The summed E-state index contributed by atoms with van der Waals surface area (Å²) in [4.78, 5) is 15.1. The maximum atomic E-state index is 5.11. The van der Waals surface area contributed by atoms with E-state index in [2.05, 4.69) is 272 Å². The maximum absolute atomic E-state index is 5.11. The van der Waals surface area contributed by atoms with Gasteiger partial charge < -0.3 is 9.80 Å². The van der Waals surface area contributed by atoms with Crippen molar-refractivity contribution in [2.24, 2.45) is 0 Å². The van der Waals surface area contributed by atoms with Crippen molar-refractivity contribution in [2.45, 2.75) is 24.7 Å². The van der Waals surface area contributed by atoms with Crippen LogP contribution in [0.15, 0.2) is 255 Å². The summed E-state index contributed by atoms with van der Waals surface area (Å²) in [6.45, 7) is 4.16. The summed E-state index contributed by atoms with van der Waals surface area (Å²) in [5.74, 6) is 0.733. The molecule has 0 saturated carbocycles. The Morgan fingerprint density at radius 1 is 0.292 bits per heavy atom. The Balaban J connectivity index is 0.832. The van der Waals surface area contributed by atoms with Crippen LogP contribution in [0.2, 0.25) is 0 Å². The van der Waals surface area contributed by atoms with Crippen molar-refractivity contribution in [2.75, 3.05) is 9.80 Å². The van der Waals surface area contributed by atoms with Crippen LogP contribution < -0.4 is 9.80 Å². The van der Waals surface area contributed by atoms with E-state index in [9.17, 15) is 0 Å². The number of para-hydroxylation sites is 4. The standard InChI is InChI=1S/C68H48N4/c1-45-65(47-37-41-51(42-38-47)71-61-33-17-13-29-57(61)67(49-21-5-3-6-22-49,50-23-7-4-8-24-50)58-30-14-18-34-62(58)71)69-46(2)70-66(45)48-39-43-52(44-40-48)72-63-35-19-15-31-59(63)68(60-32-16-20-36-64(60)72)55-27-11-9-25-53(55)54-26-10-12-28-56(54)68/h3-44H,1-2H3. The van der Waals surface area contributed by atoms with Crippen LogP contribution in [0.4, 0.5) is 34.1 Å². The summed E-state index contributed by atoms with van der Waals surface area (Å²) >= 11 is 0. The molecular formula is C68H48N4. The van der Waals surface area contributed by atoms with E-state index in [1.807, 2.05) is 6.92 Å². The summed E-state index contributed by atoms with van der Waals surface area (Å²) in [6.07, 6.45) is 0. The van der Waals surface area contributed by atoms with E-state index in [4.69, 9.17) is 9.97 Å². The van der Waals surface area contributed by atoms with E-state index in [1.165, 1.54) is 67.0 Å². The molecule has 0 atom stereocenters. The molecule has 14 rings (SSSR count). The minimum Gasteiger partial charge on any atom is -0.310 e. The molecule has 4 nitrogen and oxygen atoms in total. The molecule has 0 bridgehead atoms. The zero-order valence-corrected chi connectivity index (χ0v) is 40.0. The number of hydrogen-bond donors (Lipinski definition) is 0. The van der Waals surface area contributed by atoms with Gasteiger partial charge in [0, 0.05) is 28.1 Å². The summed E-state index contributed by atoms with van der Waals surface area (Å²) in [5.41, 5.74) is 23.7. The normalized spacial score (nSPS) is 14.1. The van der Waals surface area contributed by atoms with Crippen LogP contribution in [-0.4, -0.2) is 9.97 Å². The first-order chi connectivity index (χ1) is 35.6. The molecule has 72 heavy (non-hydrogen) atoms. The average Bonchev–Trinajstić information content (AvgIpc) is 3.74. The topological polar surface area (TPSA) is 32.3 Å². The van der Waals surface area contributed by atoms with Gasteiger partial charge in [-0.15, -0.1) is 0 Å². The lowest BCUT2D eigenvalue weighted by Crippen LogP contribution is -2.37. The third-order valence-corrected chi connectivity index (χ3v) is 15.6. The highest BCUT2D eigenvalue weighted by molar-refractivity contribution is 5.96. The van der Waals surface area contributed by atoms with Gasteiger partial charge in [0.1, 0.15) is 5.82 Å². The van der Waals surface area contributed by atoms with Crippen LogP contribution in [0, 0.1) is 13.8 Å². The molecule has 1 aliphatic carbocycles. The lowest BCUT2D eigenvalue weighted by molar-refractivity contribution is 0.731. The fourth-order valence-corrected chi connectivity index (χ4v) is 12.8. The lowest BCUT2D eigenvalue weighted by Gasteiger charge is -2.46. The maximum Gasteiger partial charge on any atom is 0.126 e. The molecule has 0 radical (unpaired) electrons. The molecule has 0 saturated heterocycles. The van der Waals surface area contributed by atoms with Gasteiger partial charge in [-0.1, -0.05) is 206 Å². The van der Waals surface area contributed by atoms with Gasteiger partial charge in [0.25, 0.3) is 0 Å².